The van der Waals surface area contributed by atoms with Gasteiger partial charge in [0.1, 0.15) is 34.5 Å². The van der Waals surface area contributed by atoms with Crippen LogP contribution >= 0.6 is 8.20 Å². The van der Waals surface area contributed by atoms with E-state index >= 15 is 0 Å². The Morgan fingerprint density at radius 2 is 0.949 bits per heavy atom. The Morgan fingerprint density at radius 3 is 1.38 bits per heavy atom. The molecule has 0 aliphatic heterocycles. The van der Waals surface area contributed by atoms with Gasteiger partial charge in [-0.05, 0) is 73.9 Å². The van der Waals surface area contributed by atoms with Crippen LogP contribution in [-0.2, 0) is 0 Å². The number of hydrogen-bond donors (Lipinski definition) is 0. The number of rotatable bonds is 8. The average Bonchev–Trinajstić information content (AvgIpc) is 2.92. The van der Waals surface area contributed by atoms with Gasteiger partial charge in [0.2, 0.25) is 0 Å². The molecule has 5 heteroatoms. The summed E-state index contributed by atoms with van der Waals surface area (Å²) in [4.78, 5) is 0. The highest BCUT2D eigenvalue weighted by Crippen LogP contribution is 2.37. The fraction of sp³-hybridized carbons (Fsp3) is 0.0882. The van der Waals surface area contributed by atoms with E-state index in [0.717, 1.165) is 16.7 Å². The lowest BCUT2D eigenvalue weighted by Crippen LogP contribution is -2.21. The van der Waals surface area contributed by atoms with Crippen LogP contribution in [0.1, 0.15) is 22.3 Å². The Kier molecular flexibility index (Phi) is 8.07. The number of para-hydroxylation sites is 3. The molecule has 0 bridgehead atoms. The Hall–Kier alpha value is -4.37. The van der Waals surface area contributed by atoms with Crippen LogP contribution in [0.4, 0.5) is 0 Å². The zero-order valence-corrected chi connectivity index (χ0v) is 22.9. The third kappa shape index (κ3) is 6.56. The van der Waals surface area contributed by atoms with Gasteiger partial charge in [0.05, 0.1) is 5.30 Å². The predicted molar refractivity (Wildman–Crippen MR) is 157 cm³/mol. The van der Waals surface area contributed by atoms with Gasteiger partial charge in [0, 0.05) is 12.1 Å². The van der Waals surface area contributed by atoms with Crippen LogP contribution in [0.25, 0.3) is 0 Å². The van der Waals surface area contributed by atoms with E-state index in [0.29, 0.717) is 53.6 Å². The lowest BCUT2D eigenvalue weighted by Gasteiger charge is -2.21. The molecule has 0 unspecified atom stereocenters. The normalized spacial score (nSPS) is 11.2. The minimum Gasteiger partial charge on any atom is -0.823 e. The molecule has 0 radical (unpaired) electrons. The van der Waals surface area contributed by atoms with Gasteiger partial charge < -0.3 is 19.3 Å². The van der Waals surface area contributed by atoms with E-state index in [-0.39, 0.29) is 5.48 Å². The van der Waals surface area contributed by atoms with Gasteiger partial charge in [0.15, 0.2) is 0 Å². The summed E-state index contributed by atoms with van der Waals surface area (Å²) in [6.45, 7) is 5.99. The van der Waals surface area contributed by atoms with Crippen LogP contribution < -0.4 is 24.6 Å². The minimum atomic E-state index is -0.0300. The smallest absolute Gasteiger partial charge is 0.146 e. The lowest BCUT2D eigenvalue weighted by molar-refractivity contribution is -0.207. The standard InChI is InChI=1S/C34H29O4P/c1-23-19-24(2)32(25(3)20-23)34(35)39-33-30(37-27-15-9-5-10-16-27)21-29(36-26-13-7-4-8-14-26)22-31(33)38-28-17-11-6-12-18-28/h4-22,35H,1-3H3/p-1. The molecule has 5 rings (SSSR count). The lowest BCUT2D eigenvalue weighted by atomic mass is 10.0. The number of aryl methyl sites for hydroxylation is 3. The molecule has 5 aromatic carbocycles. The second-order valence-electron chi connectivity index (χ2n) is 9.20. The molecular weight excluding hydrogens is 503 g/mol. The first-order valence-corrected chi connectivity index (χ1v) is 13.6. The molecule has 194 valence electrons. The summed E-state index contributed by atoms with van der Waals surface area (Å²) in [5.41, 5.74) is 3.71. The molecule has 39 heavy (non-hydrogen) atoms. The average molecular weight is 532 g/mol. The summed E-state index contributed by atoms with van der Waals surface area (Å²) in [5.74, 6) is 3.47. The van der Waals surface area contributed by atoms with E-state index in [9.17, 15) is 5.11 Å². The second-order valence-corrected chi connectivity index (χ2v) is 10.3. The maximum atomic E-state index is 13.8. The summed E-state index contributed by atoms with van der Waals surface area (Å²) in [6.07, 6.45) is 0. The van der Waals surface area contributed by atoms with Gasteiger partial charge >= 0.3 is 0 Å². The Bertz CT molecular complexity index is 1510. The fourth-order valence-corrected chi connectivity index (χ4v) is 5.52. The molecule has 0 heterocycles. The monoisotopic (exact) mass is 531 g/mol. The molecule has 0 amide bonds. The summed E-state index contributed by atoms with van der Waals surface area (Å²) in [6, 6.07) is 36.2. The molecular formula is C34H28O4P-. The van der Waals surface area contributed by atoms with Crippen LogP contribution in [0.3, 0.4) is 0 Å². The van der Waals surface area contributed by atoms with Crippen molar-refractivity contribution in [2.75, 3.05) is 0 Å². The molecule has 0 atom stereocenters. The van der Waals surface area contributed by atoms with Crippen LogP contribution in [0, 0.1) is 20.8 Å². The quantitative estimate of drug-likeness (QED) is 0.190. The minimum absolute atomic E-state index is 0.0300. The highest BCUT2D eigenvalue weighted by molar-refractivity contribution is 7.49. The van der Waals surface area contributed by atoms with E-state index in [1.165, 1.54) is 0 Å². The van der Waals surface area contributed by atoms with Crippen LogP contribution in [-0.4, -0.2) is 5.48 Å². The van der Waals surface area contributed by atoms with E-state index < -0.39 is 0 Å². The zero-order chi connectivity index (χ0) is 27.2. The summed E-state index contributed by atoms with van der Waals surface area (Å²) in [5, 5.41) is 14.4. The fourth-order valence-electron chi connectivity index (χ4n) is 4.41. The number of ether oxygens (including phenoxy) is 3. The van der Waals surface area contributed by atoms with Crippen molar-refractivity contribution in [3.8, 4) is 34.5 Å². The van der Waals surface area contributed by atoms with Crippen molar-refractivity contribution in [1.82, 2.24) is 0 Å². The Morgan fingerprint density at radius 1 is 0.538 bits per heavy atom. The first kappa shape index (κ1) is 26.2. The first-order chi connectivity index (χ1) is 19.0. The molecule has 4 nitrogen and oxygen atoms in total. The molecule has 0 fully saturated rings. The summed E-state index contributed by atoms with van der Waals surface area (Å²) >= 11 is 0. The number of hydrogen-bond acceptors (Lipinski definition) is 4. The van der Waals surface area contributed by atoms with Crippen molar-refractivity contribution in [2.45, 2.75) is 20.8 Å². The van der Waals surface area contributed by atoms with Gasteiger partial charge in [-0.1, -0.05) is 80.5 Å². The predicted octanol–water partition coefficient (Wildman–Crippen LogP) is 8.10. The Balaban J connectivity index is 1.69. The van der Waals surface area contributed by atoms with E-state index in [4.69, 9.17) is 14.2 Å². The van der Waals surface area contributed by atoms with E-state index in [1.807, 2.05) is 136 Å². The van der Waals surface area contributed by atoms with Crippen LogP contribution in [0.2, 0.25) is 0 Å². The van der Waals surface area contributed by atoms with Crippen LogP contribution in [0.15, 0.2) is 115 Å². The van der Waals surface area contributed by atoms with Crippen molar-refractivity contribution in [3.63, 3.8) is 0 Å². The molecule has 0 N–H and O–H groups in total. The third-order valence-electron chi connectivity index (χ3n) is 6.04. The van der Waals surface area contributed by atoms with Gasteiger partial charge in [0.25, 0.3) is 0 Å². The molecule has 0 saturated carbocycles. The maximum Gasteiger partial charge on any atom is 0.146 e. The molecule has 0 aliphatic rings. The highest BCUT2D eigenvalue weighted by atomic mass is 31.1. The van der Waals surface area contributed by atoms with Gasteiger partial charge in [-0.25, -0.2) is 0 Å². The second kappa shape index (κ2) is 12.0. The van der Waals surface area contributed by atoms with E-state index in [1.54, 1.807) is 0 Å². The van der Waals surface area contributed by atoms with Crippen molar-refractivity contribution < 1.29 is 19.3 Å². The maximum absolute atomic E-state index is 13.8. The Labute approximate surface area is 230 Å². The van der Waals surface area contributed by atoms with Gasteiger partial charge in [-0.15, -0.1) is 5.48 Å². The van der Waals surface area contributed by atoms with Crippen LogP contribution in [0.5, 0.6) is 34.5 Å². The SMILES string of the molecule is Cc1cc(C)c(C([O-])=Pc2c(Oc3ccccc3)cc(Oc3ccccc3)cc2Oc2ccccc2)c(C)c1. The van der Waals surface area contributed by atoms with Crippen molar-refractivity contribution in [2.24, 2.45) is 0 Å². The van der Waals surface area contributed by atoms with Crippen molar-refractivity contribution in [1.29, 1.82) is 0 Å². The third-order valence-corrected chi connectivity index (χ3v) is 7.13. The molecule has 5 aromatic rings. The highest BCUT2D eigenvalue weighted by Gasteiger charge is 2.17. The van der Waals surface area contributed by atoms with Gasteiger partial charge in [-0.3, -0.25) is 0 Å². The van der Waals surface area contributed by atoms with Crippen molar-refractivity contribution >= 4 is 19.0 Å². The topological polar surface area (TPSA) is 50.8 Å². The molecule has 0 saturated heterocycles. The van der Waals surface area contributed by atoms with Gasteiger partial charge in [-0.2, -0.15) is 0 Å². The zero-order valence-electron chi connectivity index (χ0n) is 22.0. The first-order valence-electron chi connectivity index (χ1n) is 12.7. The molecule has 0 aliphatic carbocycles. The molecule has 0 spiro atoms. The summed E-state index contributed by atoms with van der Waals surface area (Å²) < 4.78 is 18.9. The number of benzene rings is 5. The van der Waals surface area contributed by atoms with Crippen molar-refractivity contribution in [3.05, 3.63) is 138 Å². The molecule has 0 aromatic heterocycles. The van der Waals surface area contributed by atoms with E-state index in [2.05, 4.69) is 0 Å². The largest absolute Gasteiger partial charge is 0.823 e. The summed E-state index contributed by atoms with van der Waals surface area (Å²) in [7, 11) is 0.430.